The van der Waals surface area contributed by atoms with Gasteiger partial charge >= 0.3 is 0 Å². The summed E-state index contributed by atoms with van der Waals surface area (Å²) in [7, 11) is 3.35. The normalized spacial score (nSPS) is 16.0. The molecule has 166 valence electrons. The number of piperidine rings is 1. The minimum atomic E-state index is -0.317. The molecule has 2 aromatic heterocycles. The van der Waals surface area contributed by atoms with E-state index >= 15 is 0 Å². The van der Waals surface area contributed by atoms with Crippen molar-refractivity contribution in [3.05, 3.63) is 65.8 Å². The monoisotopic (exact) mass is 434 g/mol. The van der Waals surface area contributed by atoms with Crippen molar-refractivity contribution in [3.8, 4) is 5.75 Å². The fourth-order valence-electron chi connectivity index (χ4n) is 3.95. The number of ether oxygens (including phenoxy) is 1. The number of carbonyl (C=O) groups excluding carboxylic acids is 2. The molecule has 1 aliphatic rings. The fraction of sp³-hybridized carbons (Fsp3) is 0.348. The quantitative estimate of drug-likeness (QED) is 0.662. The highest BCUT2D eigenvalue weighted by atomic mass is 16.5. The number of carbonyl (C=O) groups is 2. The van der Waals surface area contributed by atoms with Crippen molar-refractivity contribution in [1.29, 1.82) is 0 Å². The third-order valence-electron chi connectivity index (χ3n) is 5.67. The molecule has 1 aliphatic heterocycles. The van der Waals surface area contributed by atoms with E-state index in [1.165, 1.54) is 6.20 Å². The van der Waals surface area contributed by atoms with Crippen LogP contribution in [0.25, 0.3) is 0 Å². The molecular formula is C23H26N6O3. The number of amides is 2. The maximum Gasteiger partial charge on any atom is 0.290 e. The Bertz CT molecular complexity index is 1140. The lowest BCUT2D eigenvalue weighted by Crippen LogP contribution is -2.40. The van der Waals surface area contributed by atoms with Crippen LogP contribution in [0.1, 0.15) is 57.8 Å². The van der Waals surface area contributed by atoms with Crippen molar-refractivity contribution < 1.29 is 14.3 Å². The highest BCUT2D eigenvalue weighted by Gasteiger charge is 2.32. The number of para-hydroxylation sites is 2. The third kappa shape index (κ3) is 4.18. The SMILES string of the molecule is COc1ccccc1NC(=O)c1cnc([C@@H]2CCCCN2C(=O)c2nccn2C)nc1C. The predicted octanol–water partition coefficient (Wildman–Crippen LogP) is 3.15. The Morgan fingerprint density at radius 3 is 2.72 bits per heavy atom. The maximum atomic E-state index is 13.1. The van der Waals surface area contributed by atoms with Crippen LogP contribution >= 0.6 is 0 Å². The summed E-state index contributed by atoms with van der Waals surface area (Å²) in [4.78, 5) is 41.0. The molecular weight excluding hydrogens is 408 g/mol. The van der Waals surface area contributed by atoms with E-state index < -0.39 is 0 Å². The number of aromatic nitrogens is 4. The van der Waals surface area contributed by atoms with E-state index in [9.17, 15) is 9.59 Å². The number of nitrogens with zero attached hydrogens (tertiary/aromatic N) is 5. The molecule has 3 heterocycles. The molecule has 0 unspecified atom stereocenters. The molecule has 0 aliphatic carbocycles. The number of methoxy groups -OCH3 is 1. The van der Waals surface area contributed by atoms with Crippen LogP contribution in [0.15, 0.2) is 42.9 Å². The average Bonchev–Trinajstić information content (AvgIpc) is 3.24. The van der Waals surface area contributed by atoms with E-state index in [2.05, 4.69) is 20.3 Å². The summed E-state index contributed by atoms with van der Waals surface area (Å²) in [6.07, 6.45) is 7.56. The molecule has 0 saturated carbocycles. The fourth-order valence-corrected chi connectivity index (χ4v) is 3.95. The van der Waals surface area contributed by atoms with Gasteiger partial charge < -0.3 is 19.5 Å². The number of nitrogens with one attached hydrogen (secondary N) is 1. The van der Waals surface area contributed by atoms with Gasteiger partial charge in [-0.2, -0.15) is 0 Å². The van der Waals surface area contributed by atoms with Gasteiger partial charge in [-0.15, -0.1) is 0 Å². The van der Waals surface area contributed by atoms with Crippen molar-refractivity contribution in [2.45, 2.75) is 32.2 Å². The zero-order valence-electron chi connectivity index (χ0n) is 18.4. The maximum absolute atomic E-state index is 13.1. The number of hydrogen-bond donors (Lipinski definition) is 1. The summed E-state index contributed by atoms with van der Waals surface area (Å²) in [5.41, 5.74) is 1.50. The Kier molecular flexibility index (Phi) is 6.16. The second kappa shape index (κ2) is 9.17. The van der Waals surface area contributed by atoms with Gasteiger partial charge in [-0.25, -0.2) is 15.0 Å². The van der Waals surface area contributed by atoms with Gasteiger partial charge in [-0.1, -0.05) is 12.1 Å². The third-order valence-corrected chi connectivity index (χ3v) is 5.67. The molecule has 1 aromatic carbocycles. The van der Waals surface area contributed by atoms with Crippen LogP contribution in [-0.2, 0) is 7.05 Å². The minimum absolute atomic E-state index is 0.138. The van der Waals surface area contributed by atoms with E-state index in [4.69, 9.17) is 4.74 Å². The van der Waals surface area contributed by atoms with Crippen molar-refractivity contribution in [1.82, 2.24) is 24.4 Å². The van der Waals surface area contributed by atoms with Gasteiger partial charge in [-0.05, 0) is 38.3 Å². The van der Waals surface area contributed by atoms with Gasteiger partial charge in [0.05, 0.1) is 30.1 Å². The molecule has 3 aromatic rings. The number of rotatable bonds is 5. The van der Waals surface area contributed by atoms with Crippen LogP contribution in [0.2, 0.25) is 0 Å². The van der Waals surface area contributed by atoms with E-state index in [0.717, 1.165) is 19.3 Å². The summed E-state index contributed by atoms with van der Waals surface area (Å²) in [6, 6.07) is 6.95. The second-order valence-corrected chi connectivity index (χ2v) is 7.75. The van der Waals surface area contributed by atoms with Crippen LogP contribution in [0.4, 0.5) is 5.69 Å². The van der Waals surface area contributed by atoms with Crippen molar-refractivity contribution >= 4 is 17.5 Å². The second-order valence-electron chi connectivity index (χ2n) is 7.75. The Labute approximate surface area is 186 Å². The molecule has 9 nitrogen and oxygen atoms in total. The lowest BCUT2D eigenvalue weighted by Gasteiger charge is -2.34. The summed E-state index contributed by atoms with van der Waals surface area (Å²) >= 11 is 0. The number of imidazole rings is 1. The van der Waals surface area contributed by atoms with Crippen LogP contribution < -0.4 is 10.1 Å². The highest BCUT2D eigenvalue weighted by molar-refractivity contribution is 6.05. The largest absolute Gasteiger partial charge is 0.495 e. The first-order valence-electron chi connectivity index (χ1n) is 10.6. The van der Waals surface area contributed by atoms with E-state index in [1.807, 2.05) is 12.1 Å². The van der Waals surface area contributed by atoms with Crippen molar-refractivity contribution in [2.24, 2.45) is 7.05 Å². The van der Waals surface area contributed by atoms with Gasteiger partial charge in [0.1, 0.15) is 5.75 Å². The Hall–Kier alpha value is -3.75. The standard InChI is InChI=1S/C23H26N6O3/c1-15-16(22(30)27-17-8-4-5-10-19(17)32-3)14-25-20(26-15)18-9-6-7-12-29(18)23(31)21-24-11-13-28(21)2/h4-5,8,10-11,13-14,18H,6-7,9,12H2,1-3H3,(H,27,30)/t18-/m0/s1. The average molecular weight is 435 g/mol. The molecule has 1 atom stereocenters. The Morgan fingerprint density at radius 1 is 1.19 bits per heavy atom. The lowest BCUT2D eigenvalue weighted by atomic mass is 10.0. The molecule has 0 radical (unpaired) electrons. The molecule has 0 spiro atoms. The van der Waals surface area contributed by atoms with E-state index in [0.29, 0.717) is 40.9 Å². The van der Waals surface area contributed by atoms with Crippen LogP contribution in [0.5, 0.6) is 5.75 Å². The zero-order valence-corrected chi connectivity index (χ0v) is 18.4. The molecule has 0 bridgehead atoms. The summed E-state index contributed by atoms with van der Waals surface area (Å²) < 4.78 is 7.01. The summed E-state index contributed by atoms with van der Waals surface area (Å²) in [6.45, 7) is 2.39. The zero-order chi connectivity index (χ0) is 22.7. The first-order chi connectivity index (χ1) is 15.5. The van der Waals surface area contributed by atoms with Crippen LogP contribution in [-0.4, -0.2) is 49.9 Å². The lowest BCUT2D eigenvalue weighted by molar-refractivity contribution is 0.0582. The Balaban J connectivity index is 1.57. The van der Waals surface area contributed by atoms with E-state index in [-0.39, 0.29) is 17.9 Å². The summed E-state index contributed by atoms with van der Waals surface area (Å²) in [5, 5.41) is 2.85. The topological polar surface area (TPSA) is 102 Å². The predicted molar refractivity (Wildman–Crippen MR) is 119 cm³/mol. The van der Waals surface area contributed by atoms with E-state index in [1.54, 1.807) is 55.1 Å². The van der Waals surface area contributed by atoms with Crippen LogP contribution in [0, 0.1) is 6.92 Å². The molecule has 9 heteroatoms. The molecule has 1 saturated heterocycles. The summed E-state index contributed by atoms with van der Waals surface area (Å²) in [5.74, 6) is 1.05. The van der Waals surface area contributed by atoms with Gasteiger partial charge in [0, 0.05) is 32.2 Å². The minimum Gasteiger partial charge on any atom is -0.495 e. The molecule has 1 fully saturated rings. The Morgan fingerprint density at radius 2 is 2.00 bits per heavy atom. The van der Waals surface area contributed by atoms with Gasteiger partial charge in [0.2, 0.25) is 0 Å². The van der Waals surface area contributed by atoms with Crippen molar-refractivity contribution in [3.63, 3.8) is 0 Å². The molecule has 1 N–H and O–H groups in total. The van der Waals surface area contributed by atoms with Crippen LogP contribution in [0.3, 0.4) is 0 Å². The number of aryl methyl sites for hydroxylation is 2. The molecule has 4 rings (SSSR count). The first-order valence-corrected chi connectivity index (χ1v) is 10.6. The van der Waals surface area contributed by atoms with Gasteiger partial charge in [0.25, 0.3) is 11.8 Å². The first kappa shape index (κ1) is 21.5. The smallest absolute Gasteiger partial charge is 0.290 e. The van der Waals surface area contributed by atoms with Gasteiger partial charge in [0.15, 0.2) is 11.6 Å². The van der Waals surface area contributed by atoms with Crippen molar-refractivity contribution in [2.75, 3.05) is 19.0 Å². The number of benzene rings is 1. The number of anilines is 1. The number of hydrogen-bond acceptors (Lipinski definition) is 6. The van der Waals surface area contributed by atoms with Gasteiger partial charge in [-0.3, -0.25) is 9.59 Å². The number of likely N-dealkylation sites (tertiary alicyclic amines) is 1. The highest BCUT2D eigenvalue weighted by Crippen LogP contribution is 2.30. The molecule has 32 heavy (non-hydrogen) atoms. The molecule has 2 amide bonds.